The molecule has 9 nitrogen and oxygen atoms in total. The summed E-state index contributed by atoms with van der Waals surface area (Å²) in [5, 5.41) is 16.3. The number of benzene rings is 1. The minimum atomic E-state index is -3.12. The number of methoxy groups -OCH3 is 1. The lowest BCUT2D eigenvalue weighted by molar-refractivity contribution is -0.384. The lowest BCUT2D eigenvalue weighted by atomic mass is 10.0. The Labute approximate surface area is 139 Å². The second-order valence-corrected chi connectivity index (χ2v) is 8.13. The molecule has 1 aromatic rings. The van der Waals surface area contributed by atoms with Gasteiger partial charge in [0.15, 0.2) is 9.84 Å². The average molecular weight is 357 g/mol. The average Bonchev–Trinajstić information content (AvgIpc) is 2.77. The summed E-state index contributed by atoms with van der Waals surface area (Å²) in [5.41, 5.74) is -0.608. The molecule has 132 valence electrons. The molecule has 0 spiro atoms. The third-order valence-electron chi connectivity index (χ3n) is 3.78. The van der Waals surface area contributed by atoms with Crippen molar-refractivity contribution in [3.8, 4) is 5.75 Å². The van der Waals surface area contributed by atoms with Gasteiger partial charge in [-0.2, -0.15) is 0 Å². The van der Waals surface area contributed by atoms with Crippen LogP contribution in [0.4, 0.5) is 11.4 Å². The number of hydrogen-bond acceptors (Lipinski definition) is 7. The number of nitro groups is 1. The molecule has 1 atom stereocenters. The maximum atomic E-state index is 12.1. The second-order valence-electron chi connectivity index (χ2n) is 5.95. The molecule has 10 heteroatoms. The van der Waals surface area contributed by atoms with Crippen LogP contribution >= 0.6 is 0 Å². The topological polar surface area (TPSA) is 128 Å². The van der Waals surface area contributed by atoms with Crippen LogP contribution in [0.3, 0.4) is 0 Å². The number of ether oxygens (including phenoxy) is 1. The number of nitro benzene ring substituents is 1. The molecule has 24 heavy (non-hydrogen) atoms. The third kappa shape index (κ3) is 4.34. The fraction of sp³-hybridized carbons (Fsp3) is 0.500. The Morgan fingerprint density at radius 1 is 1.46 bits per heavy atom. The first-order valence-electron chi connectivity index (χ1n) is 7.22. The minimum absolute atomic E-state index is 0.0515. The standard InChI is InChI=1S/C14H19N3O6S/c1-14(5-6-24(21,22)9-14)16-13(18)8-15-11-7-10(17(19)20)3-4-12(11)23-2/h3-4,7,15H,5-6,8-9H2,1-2H3,(H,16,18)/t14-/m1/s1. The van der Waals surface area contributed by atoms with Crippen molar-refractivity contribution in [2.75, 3.05) is 30.5 Å². The molecular formula is C14H19N3O6S. The van der Waals surface area contributed by atoms with Gasteiger partial charge in [0, 0.05) is 12.1 Å². The molecule has 0 aromatic heterocycles. The number of sulfone groups is 1. The number of nitrogens with one attached hydrogen (secondary N) is 2. The number of rotatable bonds is 6. The Balaban J connectivity index is 2.01. The van der Waals surface area contributed by atoms with Gasteiger partial charge in [-0.25, -0.2) is 8.42 Å². The Bertz CT molecular complexity index is 764. The summed E-state index contributed by atoms with van der Waals surface area (Å²) in [6.07, 6.45) is 0.362. The minimum Gasteiger partial charge on any atom is -0.495 e. The van der Waals surface area contributed by atoms with Gasteiger partial charge in [-0.1, -0.05) is 0 Å². The van der Waals surface area contributed by atoms with Crippen LogP contribution in [-0.2, 0) is 14.6 Å². The zero-order valence-corrected chi connectivity index (χ0v) is 14.2. The van der Waals surface area contributed by atoms with Crippen LogP contribution in [0.5, 0.6) is 5.75 Å². The third-order valence-corrected chi connectivity index (χ3v) is 5.68. The van der Waals surface area contributed by atoms with E-state index in [4.69, 9.17) is 4.74 Å². The van der Waals surface area contributed by atoms with Gasteiger partial charge in [-0.3, -0.25) is 14.9 Å². The lowest BCUT2D eigenvalue weighted by Crippen LogP contribution is -2.48. The smallest absolute Gasteiger partial charge is 0.271 e. The summed E-state index contributed by atoms with van der Waals surface area (Å²) >= 11 is 0. The first kappa shape index (κ1) is 18.0. The molecule has 1 saturated heterocycles. The van der Waals surface area contributed by atoms with Crippen LogP contribution in [0.25, 0.3) is 0 Å². The molecule has 0 unspecified atom stereocenters. The van der Waals surface area contributed by atoms with E-state index < -0.39 is 26.2 Å². The van der Waals surface area contributed by atoms with E-state index in [-0.39, 0.29) is 23.7 Å². The maximum Gasteiger partial charge on any atom is 0.271 e. The molecule has 2 rings (SSSR count). The molecular weight excluding hydrogens is 338 g/mol. The van der Waals surface area contributed by atoms with Gasteiger partial charge < -0.3 is 15.4 Å². The number of carbonyl (C=O) groups excluding carboxylic acids is 1. The second kappa shape index (κ2) is 6.63. The number of non-ortho nitro benzene ring substituents is 1. The number of anilines is 1. The normalized spacial score (nSPS) is 21.9. The van der Waals surface area contributed by atoms with Crippen molar-refractivity contribution in [3.63, 3.8) is 0 Å². The predicted octanol–water partition coefficient (Wildman–Crippen LogP) is 0.709. The Morgan fingerprint density at radius 2 is 2.17 bits per heavy atom. The zero-order valence-electron chi connectivity index (χ0n) is 13.4. The Morgan fingerprint density at radius 3 is 2.71 bits per heavy atom. The van der Waals surface area contributed by atoms with Gasteiger partial charge in [-0.15, -0.1) is 0 Å². The quantitative estimate of drug-likeness (QED) is 0.567. The van der Waals surface area contributed by atoms with Gasteiger partial charge in [0.2, 0.25) is 5.91 Å². The molecule has 1 aromatic carbocycles. The highest BCUT2D eigenvalue weighted by Crippen LogP contribution is 2.28. The highest BCUT2D eigenvalue weighted by atomic mass is 32.2. The molecule has 1 amide bonds. The number of nitrogens with zero attached hydrogens (tertiary/aromatic N) is 1. The van der Waals surface area contributed by atoms with E-state index in [1.165, 1.54) is 25.3 Å². The number of hydrogen-bond donors (Lipinski definition) is 2. The summed E-state index contributed by atoms with van der Waals surface area (Å²) in [7, 11) is -1.71. The van der Waals surface area contributed by atoms with E-state index in [9.17, 15) is 23.3 Å². The van der Waals surface area contributed by atoms with Crippen LogP contribution in [0, 0.1) is 10.1 Å². The fourth-order valence-electron chi connectivity index (χ4n) is 2.61. The monoisotopic (exact) mass is 357 g/mol. The SMILES string of the molecule is COc1ccc([N+](=O)[O-])cc1NCC(=O)N[C@]1(C)CCS(=O)(=O)C1. The van der Waals surface area contributed by atoms with Crippen LogP contribution in [-0.4, -0.2) is 49.9 Å². The summed E-state index contributed by atoms with van der Waals surface area (Å²) in [6.45, 7) is 1.52. The van der Waals surface area contributed by atoms with Crippen molar-refractivity contribution in [2.24, 2.45) is 0 Å². The predicted molar refractivity (Wildman–Crippen MR) is 88.0 cm³/mol. The van der Waals surface area contributed by atoms with Crippen LogP contribution in [0.1, 0.15) is 13.3 Å². The Kier molecular flexibility index (Phi) is 4.97. The van der Waals surface area contributed by atoms with Crippen LogP contribution < -0.4 is 15.4 Å². The molecule has 0 radical (unpaired) electrons. The van der Waals surface area contributed by atoms with Gasteiger partial charge in [-0.05, 0) is 19.4 Å². The largest absolute Gasteiger partial charge is 0.495 e. The van der Waals surface area contributed by atoms with Gasteiger partial charge in [0.25, 0.3) is 5.69 Å². The van der Waals surface area contributed by atoms with E-state index in [1.54, 1.807) is 6.92 Å². The molecule has 0 aliphatic carbocycles. The molecule has 1 fully saturated rings. The van der Waals surface area contributed by atoms with Crippen molar-refractivity contribution in [1.82, 2.24) is 5.32 Å². The molecule has 0 bridgehead atoms. The van der Waals surface area contributed by atoms with E-state index >= 15 is 0 Å². The maximum absolute atomic E-state index is 12.1. The van der Waals surface area contributed by atoms with Crippen molar-refractivity contribution in [2.45, 2.75) is 18.9 Å². The van der Waals surface area contributed by atoms with E-state index in [1.807, 2.05) is 0 Å². The van der Waals surface area contributed by atoms with Crippen molar-refractivity contribution >= 4 is 27.1 Å². The van der Waals surface area contributed by atoms with Crippen molar-refractivity contribution in [1.29, 1.82) is 0 Å². The Hall–Kier alpha value is -2.36. The summed E-state index contributed by atoms with van der Waals surface area (Å²) in [6, 6.07) is 4.01. The van der Waals surface area contributed by atoms with Gasteiger partial charge in [0.1, 0.15) is 5.75 Å². The lowest BCUT2D eigenvalue weighted by Gasteiger charge is -2.24. The zero-order chi connectivity index (χ0) is 18.0. The molecule has 2 N–H and O–H groups in total. The van der Waals surface area contributed by atoms with Crippen molar-refractivity contribution < 1.29 is 22.9 Å². The van der Waals surface area contributed by atoms with E-state index in [0.29, 0.717) is 17.9 Å². The summed E-state index contributed by atoms with van der Waals surface area (Å²) in [4.78, 5) is 22.3. The first-order valence-corrected chi connectivity index (χ1v) is 9.04. The highest BCUT2D eigenvalue weighted by molar-refractivity contribution is 7.91. The molecule has 1 heterocycles. The van der Waals surface area contributed by atoms with Gasteiger partial charge >= 0.3 is 0 Å². The van der Waals surface area contributed by atoms with Crippen LogP contribution in [0.15, 0.2) is 18.2 Å². The van der Waals surface area contributed by atoms with Gasteiger partial charge in [0.05, 0.1) is 41.3 Å². The molecule has 1 aliphatic heterocycles. The fourth-order valence-corrected chi connectivity index (χ4v) is 4.71. The van der Waals surface area contributed by atoms with E-state index in [0.717, 1.165) is 0 Å². The molecule has 0 saturated carbocycles. The highest BCUT2D eigenvalue weighted by Gasteiger charge is 2.39. The van der Waals surface area contributed by atoms with Crippen molar-refractivity contribution in [3.05, 3.63) is 28.3 Å². The molecule has 1 aliphatic rings. The number of amides is 1. The summed E-state index contributed by atoms with van der Waals surface area (Å²) < 4.78 is 28.2. The number of carbonyl (C=O) groups is 1. The van der Waals surface area contributed by atoms with Crippen LogP contribution in [0.2, 0.25) is 0 Å². The first-order chi connectivity index (χ1) is 11.1. The van der Waals surface area contributed by atoms with E-state index in [2.05, 4.69) is 10.6 Å². The summed E-state index contributed by atoms with van der Waals surface area (Å²) in [5.74, 6) is -0.0758.